The van der Waals surface area contributed by atoms with Crippen molar-refractivity contribution in [2.45, 2.75) is 138 Å². The van der Waals surface area contributed by atoms with E-state index in [9.17, 15) is 9.59 Å². The van der Waals surface area contributed by atoms with Crippen LogP contribution in [0.25, 0.3) is 0 Å². The van der Waals surface area contributed by atoms with Gasteiger partial charge in [-0.1, -0.05) is 72.6 Å². The first-order valence-electron chi connectivity index (χ1n) is 14.6. The largest absolute Gasteiger partial charge is 0.487 e. The highest BCUT2D eigenvalue weighted by Crippen LogP contribution is 2.45. The molecule has 1 aliphatic rings. The normalized spacial score (nSPS) is 18.7. The summed E-state index contributed by atoms with van der Waals surface area (Å²) in [6, 6.07) is 0. The van der Waals surface area contributed by atoms with Crippen LogP contribution < -0.4 is 9.47 Å². The van der Waals surface area contributed by atoms with Crippen LogP contribution >= 0.6 is 0 Å². The monoisotopic (exact) mass is 516 g/mol. The number of carboxylic acids is 1. The summed E-state index contributed by atoms with van der Waals surface area (Å²) in [4.78, 5) is 22.9. The summed E-state index contributed by atoms with van der Waals surface area (Å²) >= 11 is 0. The van der Waals surface area contributed by atoms with E-state index in [4.69, 9.17) is 14.6 Å². The number of carboxylic acid groups (broad SMARTS) is 1. The Hall–Kier alpha value is -2.04. The number of benzene rings is 1. The van der Waals surface area contributed by atoms with Gasteiger partial charge in [0.2, 0.25) is 0 Å². The maximum Gasteiger partial charge on any atom is 0.322 e. The van der Waals surface area contributed by atoms with E-state index in [-0.39, 0.29) is 5.60 Å². The van der Waals surface area contributed by atoms with E-state index in [2.05, 4.69) is 34.6 Å². The second kappa shape index (κ2) is 14.2. The van der Waals surface area contributed by atoms with Crippen molar-refractivity contribution in [2.24, 2.45) is 17.8 Å². The molecule has 5 heteroatoms. The number of rotatable bonds is 15. The van der Waals surface area contributed by atoms with Gasteiger partial charge in [0.25, 0.3) is 0 Å². The number of aliphatic carboxylic acids is 1. The predicted octanol–water partition coefficient (Wildman–Crippen LogP) is 8.51. The molecule has 0 radical (unpaired) electrons. The van der Waals surface area contributed by atoms with Crippen LogP contribution in [-0.2, 0) is 16.0 Å². The first-order chi connectivity index (χ1) is 17.3. The van der Waals surface area contributed by atoms with E-state index in [1.165, 1.54) is 51.4 Å². The molecule has 1 heterocycles. The van der Waals surface area contributed by atoms with Crippen molar-refractivity contribution >= 4 is 11.9 Å². The summed E-state index contributed by atoms with van der Waals surface area (Å²) in [7, 11) is 0. The van der Waals surface area contributed by atoms with Crippen molar-refractivity contribution in [3.8, 4) is 11.5 Å². The van der Waals surface area contributed by atoms with Crippen LogP contribution in [0.4, 0.5) is 0 Å². The highest BCUT2D eigenvalue weighted by atomic mass is 16.5. The van der Waals surface area contributed by atoms with Crippen LogP contribution in [0.5, 0.6) is 11.5 Å². The molecule has 210 valence electrons. The minimum atomic E-state index is -1.19. The van der Waals surface area contributed by atoms with Gasteiger partial charge in [0, 0.05) is 5.56 Å². The van der Waals surface area contributed by atoms with Gasteiger partial charge in [0.1, 0.15) is 23.5 Å². The summed E-state index contributed by atoms with van der Waals surface area (Å²) in [5, 5.41) is 8.90. The van der Waals surface area contributed by atoms with Crippen molar-refractivity contribution in [1.29, 1.82) is 0 Å². The molecular formula is C32H52O5. The number of hydrogen-bond donors (Lipinski definition) is 1. The Labute approximate surface area is 225 Å². The van der Waals surface area contributed by atoms with Gasteiger partial charge < -0.3 is 14.6 Å². The van der Waals surface area contributed by atoms with Crippen LogP contribution in [0, 0.1) is 38.5 Å². The van der Waals surface area contributed by atoms with Crippen LogP contribution in [0.1, 0.15) is 128 Å². The Balaban J connectivity index is 1.87. The molecule has 1 aliphatic heterocycles. The van der Waals surface area contributed by atoms with E-state index in [0.29, 0.717) is 5.75 Å². The topological polar surface area (TPSA) is 72.8 Å². The molecule has 2 rings (SSSR count). The van der Waals surface area contributed by atoms with Crippen LogP contribution in [-0.4, -0.2) is 22.6 Å². The fourth-order valence-corrected chi connectivity index (χ4v) is 5.69. The smallest absolute Gasteiger partial charge is 0.322 e. The number of esters is 1. The molecule has 1 aromatic carbocycles. The lowest BCUT2D eigenvalue weighted by atomic mass is 9.83. The Kier molecular flexibility index (Phi) is 12.0. The van der Waals surface area contributed by atoms with Gasteiger partial charge >= 0.3 is 11.9 Å². The van der Waals surface area contributed by atoms with Crippen molar-refractivity contribution in [3.05, 3.63) is 22.3 Å². The Morgan fingerprint density at radius 1 is 0.892 bits per heavy atom. The number of carbonyl (C=O) groups excluding carboxylic acids is 1. The standard InChI is InChI=1S/C32H52O5/c1-21(2)12-9-13-22(3)14-10-15-23(4)16-11-18-32(8)19-17-27-26(7)30(36-29(35)20-28(33)34)24(5)25(6)31(27)37-32/h21-23H,9-20H2,1-8H3,(H,33,34). The highest BCUT2D eigenvalue weighted by molar-refractivity contribution is 5.91. The second-order valence-electron chi connectivity index (χ2n) is 12.5. The maximum absolute atomic E-state index is 12.0. The van der Waals surface area contributed by atoms with Gasteiger partial charge in [0.05, 0.1) is 0 Å². The minimum absolute atomic E-state index is 0.192. The molecule has 1 aromatic rings. The van der Waals surface area contributed by atoms with Gasteiger partial charge in [-0.05, 0) is 87.8 Å². The highest BCUT2D eigenvalue weighted by Gasteiger charge is 2.35. The van der Waals surface area contributed by atoms with E-state index in [1.54, 1.807) is 0 Å². The van der Waals surface area contributed by atoms with Crippen molar-refractivity contribution < 1.29 is 24.2 Å². The molecule has 0 spiro atoms. The molecule has 3 unspecified atom stereocenters. The zero-order chi connectivity index (χ0) is 27.8. The third-order valence-electron chi connectivity index (χ3n) is 8.35. The second-order valence-corrected chi connectivity index (χ2v) is 12.5. The molecule has 0 fully saturated rings. The van der Waals surface area contributed by atoms with Gasteiger partial charge in [0.15, 0.2) is 0 Å². The summed E-state index contributed by atoms with van der Waals surface area (Å²) in [6.45, 7) is 17.5. The lowest BCUT2D eigenvalue weighted by Crippen LogP contribution is -2.37. The fourth-order valence-electron chi connectivity index (χ4n) is 5.69. The third kappa shape index (κ3) is 9.65. The molecule has 0 saturated carbocycles. The van der Waals surface area contributed by atoms with E-state index >= 15 is 0 Å². The van der Waals surface area contributed by atoms with E-state index in [0.717, 1.165) is 65.0 Å². The molecule has 0 amide bonds. The summed E-state index contributed by atoms with van der Waals surface area (Å²) in [5.74, 6) is 1.89. The SMILES string of the molecule is Cc1c(C)c2c(c(C)c1OC(=O)CC(=O)O)CCC(C)(CCCC(C)CCCC(C)CCCC(C)C)O2. The average molecular weight is 517 g/mol. The number of carbonyl (C=O) groups is 2. The zero-order valence-electron chi connectivity index (χ0n) is 24.8. The predicted molar refractivity (Wildman–Crippen MR) is 151 cm³/mol. The number of fused-ring (bicyclic) bond motifs is 1. The quantitative estimate of drug-likeness (QED) is 0.144. The van der Waals surface area contributed by atoms with Crippen molar-refractivity contribution in [3.63, 3.8) is 0 Å². The Bertz CT molecular complexity index is 918. The maximum atomic E-state index is 12.0. The van der Waals surface area contributed by atoms with Crippen LogP contribution in [0.2, 0.25) is 0 Å². The lowest BCUT2D eigenvalue weighted by molar-refractivity contribution is -0.145. The van der Waals surface area contributed by atoms with Crippen LogP contribution in [0.3, 0.4) is 0 Å². The number of ether oxygens (including phenoxy) is 2. The molecule has 0 aromatic heterocycles. The molecule has 0 aliphatic carbocycles. The fraction of sp³-hybridized carbons (Fsp3) is 0.750. The van der Waals surface area contributed by atoms with E-state index < -0.39 is 18.4 Å². The van der Waals surface area contributed by atoms with E-state index in [1.807, 2.05) is 20.8 Å². The summed E-state index contributed by atoms with van der Waals surface area (Å²) in [6.07, 6.45) is 12.7. The lowest BCUT2D eigenvalue weighted by Gasteiger charge is -2.38. The zero-order valence-corrected chi connectivity index (χ0v) is 24.8. The van der Waals surface area contributed by atoms with Gasteiger partial charge in [-0.15, -0.1) is 0 Å². The van der Waals surface area contributed by atoms with Gasteiger partial charge in [-0.2, -0.15) is 0 Å². The van der Waals surface area contributed by atoms with Crippen LogP contribution in [0.15, 0.2) is 0 Å². The minimum Gasteiger partial charge on any atom is -0.487 e. The first kappa shape index (κ1) is 31.2. The summed E-state index contributed by atoms with van der Waals surface area (Å²) in [5.41, 5.74) is 3.58. The molecule has 5 nitrogen and oxygen atoms in total. The summed E-state index contributed by atoms with van der Waals surface area (Å²) < 4.78 is 12.1. The third-order valence-corrected chi connectivity index (χ3v) is 8.35. The number of hydrogen-bond acceptors (Lipinski definition) is 4. The molecule has 0 saturated heterocycles. The van der Waals surface area contributed by atoms with Crippen molar-refractivity contribution in [2.75, 3.05) is 0 Å². The molecular weight excluding hydrogens is 464 g/mol. The first-order valence-corrected chi connectivity index (χ1v) is 14.6. The van der Waals surface area contributed by atoms with Gasteiger partial charge in [-0.25, -0.2) is 0 Å². The average Bonchev–Trinajstić information content (AvgIpc) is 2.79. The molecule has 37 heavy (non-hydrogen) atoms. The van der Waals surface area contributed by atoms with Gasteiger partial charge in [-0.3, -0.25) is 9.59 Å². The molecule has 0 bridgehead atoms. The Morgan fingerprint density at radius 3 is 2.03 bits per heavy atom. The Morgan fingerprint density at radius 2 is 1.46 bits per heavy atom. The molecule has 1 N–H and O–H groups in total. The molecule has 3 atom stereocenters. The van der Waals surface area contributed by atoms with Crippen molar-refractivity contribution in [1.82, 2.24) is 0 Å².